The van der Waals surface area contributed by atoms with Crippen LogP contribution in [0, 0.1) is 0 Å². The van der Waals surface area contributed by atoms with E-state index in [1.165, 1.54) is 0 Å². The van der Waals surface area contributed by atoms with Crippen molar-refractivity contribution in [2.75, 3.05) is 18.1 Å². The van der Waals surface area contributed by atoms with Crippen molar-refractivity contribution < 1.29 is 19.1 Å². The van der Waals surface area contributed by atoms with E-state index in [4.69, 9.17) is 22.1 Å². The standard InChI is InChI=1S/C20H20ClN3O4/c21-15-7-3-2-6-14(15)16(23-20(22)27)11-19(26)28-12-18(25)24-10-9-13-5-1-4-8-17(13)24/h1-8,16H,9-12H2,(H3,22,23,27). The van der Waals surface area contributed by atoms with Crippen molar-refractivity contribution in [1.29, 1.82) is 0 Å². The number of nitrogens with zero attached hydrogens (tertiary/aromatic N) is 1. The molecule has 1 atom stereocenters. The van der Waals surface area contributed by atoms with Crippen molar-refractivity contribution in [2.45, 2.75) is 18.9 Å². The molecule has 146 valence electrons. The predicted molar refractivity (Wildman–Crippen MR) is 105 cm³/mol. The molecule has 7 nitrogen and oxygen atoms in total. The molecule has 8 heteroatoms. The second kappa shape index (κ2) is 8.75. The highest BCUT2D eigenvalue weighted by Gasteiger charge is 2.26. The lowest BCUT2D eigenvalue weighted by molar-refractivity contribution is -0.148. The molecule has 28 heavy (non-hydrogen) atoms. The van der Waals surface area contributed by atoms with E-state index in [0.717, 1.165) is 17.7 Å². The molecule has 2 aromatic carbocycles. The Morgan fingerprint density at radius 2 is 1.86 bits per heavy atom. The first-order valence-corrected chi connectivity index (χ1v) is 9.18. The number of ether oxygens (including phenoxy) is 1. The predicted octanol–water partition coefficient (Wildman–Crippen LogP) is 2.57. The lowest BCUT2D eigenvalue weighted by Gasteiger charge is -2.20. The fraction of sp³-hybridized carbons (Fsp3) is 0.250. The highest BCUT2D eigenvalue weighted by Crippen LogP contribution is 2.28. The summed E-state index contributed by atoms with van der Waals surface area (Å²) in [5, 5.41) is 2.87. The number of anilines is 1. The van der Waals surface area contributed by atoms with E-state index < -0.39 is 18.0 Å². The molecule has 0 fully saturated rings. The number of carbonyl (C=O) groups excluding carboxylic acids is 3. The molecule has 0 saturated heterocycles. The lowest BCUT2D eigenvalue weighted by Crippen LogP contribution is -2.36. The zero-order valence-electron chi connectivity index (χ0n) is 15.1. The van der Waals surface area contributed by atoms with Gasteiger partial charge in [0.1, 0.15) is 0 Å². The molecule has 0 spiro atoms. The monoisotopic (exact) mass is 401 g/mol. The molecule has 1 aliphatic heterocycles. The SMILES string of the molecule is NC(=O)NC(CC(=O)OCC(=O)N1CCc2ccccc21)c1ccccc1Cl. The van der Waals surface area contributed by atoms with Crippen LogP contribution in [-0.2, 0) is 20.7 Å². The number of nitrogens with one attached hydrogen (secondary N) is 1. The van der Waals surface area contributed by atoms with Crippen LogP contribution in [0.25, 0.3) is 0 Å². The third kappa shape index (κ3) is 4.61. The number of nitrogens with two attached hydrogens (primary N) is 1. The number of esters is 1. The van der Waals surface area contributed by atoms with Crippen molar-refractivity contribution in [3.8, 4) is 0 Å². The van der Waals surface area contributed by atoms with Gasteiger partial charge in [-0.3, -0.25) is 9.59 Å². The van der Waals surface area contributed by atoms with E-state index in [-0.39, 0.29) is 18.9 Å². The maximum absolute atomic E-state index is 12.4. The molecule has 3 rings (SSSR count). The largest absolute Gasteiger partial charge is 0.455 e. The van der Waals surface area contributed by atoms with Gasteiger partial charge in [-0.1, -0.05) is 48.0 Å². The normalized spacial score (nSPS) is 13.5. The van der Waals surface area contributed by atoms with Crippen LogP contribution in [-0.4, -0.2) is 31.1 Å². The summed E-state index contributed by atoms with van der Waals surface area (Å²) in [5.41, 5.74) is 7.67. The molecular weight excluding hydrogens is 382 g/mol. The van der Waals surface area contributed by atoms with E-state index in [9.17, 15) is 14.4 Å². The van der Waals surface area contributed by atoms with Crippen LogP contribution in [0.2, 0.25) is 5.02 Å². The van der Waals surface area contributed by atoms with Gasteiger partial charge in [-0.2, -0.15) is 0 Å². The zero-order valence-corrected chi connectivity index (χ0v) is 15.8. The fourth-order valence-corrected chi connectivity index (χ4v) is 3.48. The summed E-state index contributed by atoms with van der Waals surface area (Å²) in [7, 11) is 0. The van der Waals surface area contributed by atoms with Gasteiger partial charge in [-0.05, 0) is 29.7 Å². The minimum absolute atomic E-state index is 0.198. The topological polar surface area (TPSA) is 102 Å². The first kappa shape index (κ1) is 19.7. The van der Waals surface area contributed by atoms with Gasteiger partial charge >= 0.3 is 12.0 Å². The van der Waals surface area contributed by atoms with Crippen molar-refractivity contribution in [2.24, 2.45) is 5.73 Å². The van der Waals surface area contributed by atoms with Gasteiger partial charge in [-0.15, -0.1) is 0 Å². The average molecular weight is 402 g/mol. The highest BCUT2D eigenvalue weighted by atomic mass is 35.5. The summed E-state index contributed by atoms with van der Waals surface area (Å²) < 4.78 is 5.14. The number of hydrogen-bond acceptors (Lipinski definition) is 4. The smallest absolute Gasteiger partial charge is 0.312 e. The Morgan fingerprint density at radius 3 is 2.61 bits per heavy atom. The molecule has 3 N–H and O–H groups in total. The van der Waals surface area contributed by atoms with Crippen molar-refractivity contribution in [1.82, 2.24) is 5.32 Å². The summed E-state index contributed by atoms with van der Waals surface area (Å²) >= 11 is 6.14. The molecule has 0 aliphatic carbocycles. The van der Waals surface area contributed by atoms with Crippen molar-refractivity contribution >= 4 is 35.2 Å². The van der Waals surface area contributed by atoms with Gasteiger partial charge in [0.05, 0.1) is 12.5 Å². The molecule has 1 unspecified atom stereocenters. The number of primary amides is 1. The Labute approximate surface area is 167 Å². The number of amides is 3. The van der Waals surface area contributed by atoms with Crippen LogP contribution >= 0.6 is 11.6 Å². The summed E-state index contributed by atoms with van der Waals surface area (Å²) in [6, 6.07) is 12.9. The molecule has 2 aromatic rings. The average Bonchev–Trinajstić information content (AvgIpc) is 3.10. The fourth-order valence-electron chi connectivity index (χ4n) is 3.21. The third-order valence-corrected chi connectivity index (χ3v) is 4.86. The van der Waals surface area contributed by atoms with Crippen molar-refractivity contribution in [3.05, 3.63) is 64.7 Å². The Kier molecular flexibility index (Phi) is 6.16. The first-order chi connectivity index (χ1) is 13.5. The van der Waals surface area contributed by atoms with Crippen LogP contribution in [0.4, 0.5) is 10.5 Å². The minimum atomic E-state index is -0.789. The molecule has 1 heterocycles. The number of para-hydroxylation sites is 1. The van der Waals surface area contributed by atoms with Gasteiger partial charge in [-0.25, -0.2) is 4.79 Å². The van der Waals surface area contributed by atoms with Gasteiger partial charge in [0, 0.05) is 17.3 Å². The second-order valence-corrected chi connectivity index (χ2v) is 6.78. The van der Waals surface area contributed by atoms with E-state index in [0.29, 0.717) is 17.1 Å². The number of carbonyl (C=O) groups is 3. The van der Waals surface area contributed by atoms with Gasteiger partial charge in [0.15, 0.2) is 6.61 Å². The van der Waals surface area contributed by atoms with E-state index in [1.807, 2.05) is 24.3 Å². The summed E-state index contributed by atoms with van der Waals surface area (Å²) in [6.07, 6.45) is 0.573. The van der Waals surface area contributed by atoms with Crippen LogP contribution in [0.15, 0.2) is 48.5 Å². The van der Waals surface area contributed by atoms with E-state index in [2.05, 4.69) is 5.32 Å². The van der Waals surface area contributed by atoms with E-state index in [1.54, 1.807) is 29.2 Å². The molecular formula is C20H20ClN3O4. The quantitative estimate of drug-likeness (QED) is 0.726. The Hall–Kier alpha value is -3.06. The molecule has 0 bridgehead atoms. The molecule has 0 radical (unpaired) electrons. The summed E-state index contributed by atoms with van der Waals surface area (Å²) in [5.74, 6) is -0.935. The Balaban J connectivity index is 1.60. The first-order valence-electron chi connectivity index (χ1n) is 8.80. The Morgan fingerprint density at radius 1 is 1.14 bits per heavy atom. The van der Waals surface area contributed by atoms with E-state index >= 15 is 0 Å². The molecule has 0 aromatic heterocycles. The molecule has 1 aliphatic rings. The Bertz CT molecular complexity index is 903. The number of hydrogen-bond donors (Lipinski definition) is 2. The number of halogens is 1. The zero-order chi connectivity index (χ0) is 20.1. The maximum atomic E-state index is 12.4. The maximum Gasteiger partial charge on any atom is 0.312 e. The summed E-state index contributed by atoms with van der Waals surface area (Å²) in [4.78, 5) is 37.6. The molecule has 3 amide bonds. The highest BCUT2D eigenvalue weighted by molar-refractivity contribution is 6.31. The van der Waals surface area contributed by atoms with Gasteiger partial charge in [0.2, 0.25) is 0 Å². The third-order valence-electron chi connectivity index (χ3n) is 4.51. The van der Waals surface area contributed by atoms with Crippen LogP contribution in [0.5, 0.6) is 0 Å². The van der Waals surface area contributed by atoms with Crippen LogP contribution < -0.4 is 16.0 Å². The number of benzene rings is 2. The van der Waals surface area contributed by atoms with Crippen molar-refractivity contribution in [3.63, 3.8) is 0 Å². The molecule has 0 saturated carbocycles. The van der Waals surface area contributed by atoms with Crippen LogP contribution in [0.1, 0.15) is 23.6 Å². The number of fused-ring (bicyclic) bond motifs is 1. The minimum Gasteiger partial charge on any atom is -0.455 e. The van der Waals surface area contributed by atoms with Gasteiger partial charge in [0.25, 0.3) is 5.91 Å². The van der Waals surface area contributed by atoms with Gasteiger partial charge < -0.3 is 20.7 Å². The summed E-state index contributed by atoms with van der Waals surface area (Å²) in [6.45, 7) is 0.181. The number of rotatable bonds is 6. The van der Waals surface area contributed by atoms with Crippen LogP contribution in [0.3, 0.4) is 0 Å². The second-order valence-electron chi connectivity index (χ2n) is 6.37. The lowest BCUT2D eigenvalue weighted by atomic mass is 10.0. The number of urea groups is 1.